The highest BCUT2D eigenvalue weighted by Gasteiger charge is 2.28. The largest absolute Gasteiger partial charge is 0.388 e. The second kappa shape index (κ2) is 3.80. The zero-order valence-corrected chi connectivity index (χ0v) is 9.06. The second-order valence-electron chi connectivity index (χ2n) is 4.53. The number of fused-ring (bicyclic) bond motifs is 1. The molecule has 2 nitrogen and oxygen atoms in total. The van der Waals surface area contributed by atoms with Crippen molar-refractivity contribution in [2.45, 2.75) is 18.9 Å². The Morgan fingerprint density at radius 2 is 1.81 bits per heavy atom. The summed E-state index contributed by atoms with van der Waals surface area (Å²) >= 11 is 0. The maximum absolute atomic E-state index is 10.3. The number of benzene rings is 1. The van der Waals surface area contributed by atoms with Crippen molar-refractivity contribution >= 4 is 0 Å². The van der Waals surface area contributed by atoms with E-state index in [4.69, 9.17) is 0 Å². The van der Waals surface area contributed by atoms with Crippen LogP contribution in [0.5, 0.6) is 0 Å². The molecule has 1 aliphatic rings. The lowest BCUT2D eigenvalue weighted by atomic mass is 9.95. The summed E-state index contributed by atoms with van der Waals surface area (Å²) in [4.78, 5) is 3.00. The third-order valence-electron chi connectivity index (χ3n) is 3.49. The molecular weight excluding hydrogens is 198 g/mol. The van der Waals surface area contributed by atoms with E-state index < -0.39 is 0 Å². The summed E-state index contributed by atoms with van der Waals surface area (Å²) in [6.07, 6.45) is 5.37. The van der Waals surface area contributed by atoms with Crippen molar-refractivity contribution < 1.29 is 5.11 Å². The van der Waals surface area contributed by atoms with Crippen LogP contribution in [0.3, 0.4) is 0 Å². The predicted octanol–water partition coefficient (Wildman–Crippen LogP) is 2.46. The maximum atomic E-state index is 10.3. The molecule has 1 aliphatic carbocycles. The first kappa shape index (κ1) is 9.67. The van der Waals surface area contributed by atoms with Crippen LogP contribution in [-0.4, -0.2) is 10.1 Å². The Hall–Kier alpha value is -1.54. The molecule has 0 spiro atoms. The van der Waals surface area contributed by atoms with Gasteiger partial charge in [0.2, 0.25) is 0 Å². The van der Waals surface area contributed by atoms with E-state index in [-0.39, 0.29) is 6.10 Å². The van der Waals surface area contributed by atoms with Gasteiger partial charge in [-0.3, -0.25) is 0 Å². The number of H-pyrrole nitrogens is 1. The lowest BCUT2D eigenvalue weighted by Gasteiger charge is -2.16. The highest BCUT2D eigenvalue weighted by molar-refractivity contribution is 5.33. The van der Waals surface area contributed by atoms with Crippen molar-refractivity contribution in [3.63, 3.8) is 0 Å². The number of aliphatic hydroxyl groups excluding tert-OH is 1. The molecule has 1 heterocycles. The summed E-state index contributed by atoms with van der Waals surface area (Å²) in [6.45, 7) is 0. The van der Waals surface area contributed by atoms with Gasteiger partial charge < -0.3 is 10.1 Å². The molecule has 1 unspecified atom stereocenters. The molecule has 0 radical (unpaired) electrons. The van der Waals surface area contributed by atoms with Crippen LogP contribution in [0, 0.1) is 5.92 Å². The normalized spacial score (nSPS) is 17.3. The monoisotopic (exact) mass is 213 g/mol. The molecule has 1 aromatic heterocycles. The average Bonchev–Trinajstić information content (AvgIpc) is 2.97. The molecule has 3 rings (SSSR count). The summed E-state index contributed by atoms with van der Waals surface area (Å²) in [6, 6.07) is 10.4. The summed E-state index contributed by atoms with van der Waals surface area (Å²) in [5.74, 6) is 0.327. The van der Waals surface area contributed by atoms with E-state index in [0.29, 0.717) is 5.92 Å². The Bertz CT molecular complexity index is 450. The smallest absolute Gasteiger partial charge is 0.0839 e. The Morgan fingerprint density at radius 1 is 1.12 bits per heavy atom. The fourth-order valence-electron chi connectivity index (χ4n) is 2.61. The Morgan fingerprint density at radius 3 is 2.38 bits per heavy atom. The van der Waals surface area contributed by atoms with Gasteiger partial charge in [-0.1, -0.05) is 24.3 Å². The van der Waals surface area contributed by atoms with E-state index in [1.54, 1.807) is 0 Å². The Kier molecular flexibility index (Phi) is 2.29. The van der Waals surface area contributed by atoms with Crippen LogP contribution in [0.25, 0.3) is 0 Å². The summed E-state index contributed by atoms with van der Waals surface area (Å²) < 4.78 is 0. The van der Waals surface area contributed by atoms with Crippen LogP contribution in [0.2, 0.25) is 0 Å². The number of nitrogens with one attached hydrogen (secondary N) is 1. The topological polar surface area (TPSA) is 36.0 Å². The van der Waals surface area contributed by atoms with E-state index in [0.717, 1.165) is 18.4 Å². The van der Waals surface area contributed by atoms with Gasteiger partial charge in [0.05, 0.1) is 6.10 Å². The van der Waals surface area contributed by atoms with Crippen molar-refractivity contribution in [1.29, 1.82) is 0 Å². The first-order valence-corrected chi connectivity index (χ1v) is 5.72. The highest BCUT2D eigenvalue weighted by Crippen LogP contribution is 2.34. The summed E-state index contributed by atoms with van der Waals surface area (Å²) in [5.41, 5.74) is 3.78. The molecule has 0 amide bonds. The van der Waals surface area contributed by atoms with E-state index in [1.165, 1.54) is 11.1 Å². The van der Waals surface area contributed by atoms with Gasteiger partial charge in [0, 0.05) is 12.4 Å². The molecule has 16 heavy (non-hydrogen) atoms. The molecule has 0 bridgehead atoms. The molecule has 82 valence electrons. The van der Waals surface area contributed by atoms with Gasteiger partial charge in [-0.2, -0.15) is 0 Å². The molecule has 1 aromatic carbocycles. The summed E-state index contributed by atoms with van der Waals surface area (Å²) in [5, 5.41) is 10.3. The molecule has 2 aromatic rings. The zero-order valence-electron chi connectivity index (χ0n) is 9.06. The van der Waals surface area contributed by atoms with Crippen molar-refractivity contribution in [3.8, 4) is 0 Å². The summed E-state index contributed by atoms with van der Waals surface area (Å²) in [7, 11) is 0. The van der Waals surface area contributed by atoms with Gasteiger partial charge in [0.1, 0.15) is 0 Å². The molecule has 2 N–H and O–H groups in total. The van der Waals surface area contributed by atoms with Crippen LogP contribution < -0.4 is 0 Å². The van der Waals surface area contributed by atoms with Crippen LogP contribution in [0.4, 0.5) is 0 Å². The standard InChI is InChI=1S/C14H15NO/c16-14(12-5-6-15-9-12)13-7-10-3-1-2-4-11(10)8-13/h1-6,9,13-16H,7-8H2. The van der Waals surface area contributed by atoms with E-state index in [9.17, 15) is 5.11 Å². The molecule has 0 fully saturated rings. The minimum absolute atomic E-state index is 0.327. The lowest BCUT2D eigenvalue weighted by Crippen LogP contribution is -2.12. The number of aromatic amines is 1. The van der Waals surface area contributed by atoms with Crippen molar-refractivity contribution in [3.05, 3.63) is 59.4 Å². The lowest BCUT2D eigenvalue weighted by molar-refractivity contribution is 0.113. The number of rotatable bonds is 2. The number of hydrogen-bond donors (Lipinski definition) is 2. The van der Waals surface area contributed by atoms with Crippen LogP contribution in [0.15, 0.2) is 42.7 Å². The van der Waals surface area contributed by atoms with Crippen LogP contribution in [0.1, 0.15) is 22.8 Å². The Balaban J connectivity index is 1.81. The molecule has 2 heteroatoms. The molecule has 1 atom stereocenters. The molecule has 0 saturated heterocycles. The molecular formula is C14H15NO. The number of hydrogen-bond acceptors (Lipinski definition) is 1. The van der Waals surface area contributed by atoms with Crippen molar-refractivity contribution in [1.82, 2.24) is 4.98 Å². The fraction of sp³-hybridized carbons (Fsp3) is 0.286. The van der Waals surface area contributed by atoms with E-state index >= 15 is 0 Å². The predicted molar refractivity (Wildman–Crippen MR) is 63.1 cm³/mol. The van der Waals surface area contributed by atoms with E-state index in [2.05, 4.69) is 29.2 Å². The SMILES string of the molecule is OC(c1cc[nH]c1)C1Cc2ccccc2C1. The van der Waals surface area contributed by atoms with Gasteiger partial charge in [-0.15, -0.1) is 0 Å². The second-order valence-corrected chi connectivity index (χ2v) is 4.53. The van der Waals surface area contributed by atoms with Gasteiger partial charge in [0.25, 0.3) is 0 Å². The molecule has 0 saturated carbocycles. The third-order valence-corrected chi connectivity index (χ3v) is 3.49. The van der Waals surface area contributed by atoms with Crippen molar-refractivity contribution in [2.24, 2.45) is 5.92 Å². The minimum Gasteiger partial charge on any atom is -0.388 e. The molecule has 0 aliphatic heterocycles. The van der Waals surface area contributed by atoms with Crippen LogP contribution >= 0.6 is 0 Å². The van der Waals surface area contributed by atoms with Crippen LogP contribution in [-0.2, 0) is 12.8 Å². The average molecular weight is 213 g/mol. The van der Waals surface area contributed by atoms with Crippen molar-refractivity contribution in [2.75, 3.05) is 0 Å². The first-order valence-electron chi connectivity index (χ1n) is 5.72. The zero-order chi connectivity index (χ0) is 11.0. The number of aliphatic hydroxyl groups is 1. The Labute approximate surface area is 94.9 Å². The minimum atomic E-state index is -0.348. The van der Waals surface area contributed by atoms with E-state index in [1.807, 2.05) is 18.5 Å². The maximum Gasteiger partial charge on any atom is 0.0839 e. The van der Waals surface area contributed by atoms with Gasteiger partial charge in [-0.25, -0.2) is 0 Å². The quantitative estimate of drug-likeness (QED) is 0.789. The number of aromatic nitrogens is 1. The first-order chi connectivity index (χ1) is 7.84. The fourth-order valence-corrected chi connectivity index (χ4v) is 2.61. The highest BCUT2D eigenvalue weighted by atomic mass is 16.3. The van der Waals surface area contributed by atoms with Gasteiger partial charge >= 0.3 is 0 Å². The van der Waals surface area contributed by atoms with Gasteiger partial charge in [-0.05, 0) is 41.5 Å². The third kappa shape index (κ3) is 1.55. The van der Waals surface area contributed by atoms with Gasteiger partial charge in [0.15, 0.2) is 0 Å².